The summed E-state index contributed by atoms with van der Waals surface area (Å²) in [6.07, 6.45) is 0. The first-order chi connectivity index (χ1) is 21.5. The number of phenolic OH excluding ortho intramolecular Hbond substituents is 1. The van der Waals surface area contributed by atoms with E-state index in [1.165, 1.54) is 18.2 Å². The maximum Gasteiger partial charge on any atom is 0.296 e. The second kappa shape index (κ2) is 12.2. The Balaban J connectivity index is 1.52. The number of nitrogens with zero attached hydrogens (tertiary/aromatic N) is 5. The predicted octanol–water partition coefficient (Wildman–Crippen LogP) is 5.03. The Bertz CT molecular complexity index is 2380. The van der Waals surface area contributed by atoms with Crippen LogP contribution in [0, 0.1) is 0 Å². The lowest BCUT2D eigenvalue weighted by Gasteiger charge is -2.13. The lowest BCUT2D eigenvalue weighted by atomic mass is 10.1. The molecule has 0 bridgehead atoms. The molecule has 21 heteroatoms. The van der Waals surface area contributed by atoms with Crippen LogP contribution in [0.5, 0.6) is 5.75 Å². The number of aromatic hydroxyl groups is 1. The summed E-state index contributed by atoms with van der Waals surface area (Å²) >= 11 is 6.00. The zero-order chi connectivity index (χ0) is 33.4. The number of hydrogen-bond donors (Lipinski definition) is 6. The lowest BCUT2D eigenvalue weighted by Crippen LogP contribution is -2.09. The van der Waals surface area contributed by atoms with Crippen molar-refractivity contribution in [1.82, 2.24) is 15.0 Å². The van der Waals surface area contributed by atoms with Gasteiger partial charge in [-0.15, -0.1) is 5.11 Å². The summed E-state index contributed by atoms with van der Waals surface area (Å²) in [7, 11) is -14.6. The number of azo groups is 1. The fourth-order valence-electron chi connectivity index (χ4n) is 4.03. The van der Waals surface area contributed by atoms with Crippen LogP contribution in [0.3, 0.4) is 0 Å². The third-order valence-electron chi connectivity index (χ3n) is 5.99. The fourth-order valence-corrected chi connectivity index (χ4v) is 5.98. The van der Waals surface area contributed by atoms with Gasteiger partial charge in [-0.1, -0.05) is 18.2 Å². The van der Waals surface area contributed by atoms with Gasteiger partial charge >= 0.3 is 0 Å². The van der Waals surface area contributed by atoms with E-state index in [1.54, 1.807) is 30.3 Å². The summed E-state index contributed by atoms with van der Waals surface area (Å²) < 4.78 is 100. The summed E-state index contributed by atoms with van der Waals surface area (Å²) in [6, 6.07) is 15.7. The Morgan fingerprint density at radius 2 is 1.33 bits per heavy atom. The maximum absolute atomic E-state index is 12.2. The number of anilines is 4. The van der Waals surface area contributed by atoms with E-state index in [4.69, 9.17) is 11.6 Å². The molecule has 46 heavy (non-hydrogen) atoms. The van der Waals surface area contributed by atoms with Crippen LogP contribution in [-0.2, 0) is 30.4 Å². The normalized spacial score (nSPS) is 12.4. The molecule has 6 N–H and O–H groups in total. The highest BCUT2D eigenvalue weighted by Gasteiger charge is 2.23. The molecular formula is C25H18ClN7O10S3. The van der Waals surface area contributed by atoms with Gasteiger partial charge in [0.1, 0.15) is 15.5 Å². The van der Waals surface area contributed by atoms with Gasteiger partial charge in [-0.2, -0.15) is 45.3 Å². The second-order valence-corrected chi connectivity index (χ2v) is 13.7. The van der Waals surface area contributed by atoms with Crippen molar-refractivity contribution in [2.24, 2.45) is 10.2 Å². The molecule has 0 atom stereocenters. The van der Waals surface area contributed by atoms with Gasteiger partial charge in [0.25, 0.3) is 30.4 Å². The van der Waals surface area contributed by atoms with Crippen molar-refractivity contribution in [3.8, 4) is 5.75 Å². The van der Waals surface area contributed by atoms with Gasteiger partial charge in [0.2, 0.25) is 17.2 Å². The minimum atomic E-state index is -4.90. The molecule has 1 heterocycles. The van der Waals surface area contributed by atoms with E-state index in [-0.39, 0.29) is 22.4 Å². The highest BCUT2D eigenvalue weighted by Crippen LogP contribution is 2.42. The maximum atomic E-state index is 12.2. The third-order valence-corrected chi connectivity index (χ3v) is 8.79. The summed E-state index contributed by atoms with van der Waals surface area (Å²) in [4.78, 5) is 9.49. The van der Waals surface area contributed by atoms with Gasteiger partial charge in [0, 0.05) is 11.1 Å². The van der Waals surface area contributed by atoms with E-state index < -0.39 is 73.4 Å². The number of phenols is 1. The first-order valence-corrected chi connectivity index (χ1v) is 17.0. The van der Waals surface area contributed by atoms with Crippen molar-refractivity contribution in [2.45, 2.75) is 14.7 Å². The van der Waals surface area contributed by atoms with E-state index in [9.17, 15) is 44.0 Å². The Morgan fingerprint density at radius 3 is 1.96 bits per heavy atom. The van der Waals surface area contributed by atoms with Crippen molar-refractivity contribution < 1.29 is 44.0 Å². The quantitative estimate of drug-likeness (QED) is 0.0866. The molecule has 0 unspecified atom stereocenters. The van der Waals surface area contributed by atoms with Crippen LogP contribution >= 0.6 is 11.6 Å². The summed E-state index contributed by atoms with van der Waals surface area (Å²) in [5.41, 5.74) is -0.480. The average Bonchev–Trinajstić information content (AvgIpc) is 2.95. The molecule has 0 amide bonds. The molecule has 0 saturated carbocycles. The van der Waals surface area contributed by atoms with Crippen LogP contribution in [0.25, 0.3) is 10.8 Å². The zero-order valence-electron chi connectivity index (χ0n) is 22.5. The van der Waals surface area contributed by atoms with E-state index in [2.05, 4.69) is 35.8 Å². The Kier molecular flexibility index (Phi) is 8.61. The molecule has 0 saturated heterocycles. The predicted molar refractivity (Wildman–Crippen MR) is 164 cm³/mol. The lowest BCUT2D eigenvalue weighted by molar-refractivity contribution is 0.472. The van der Waals surface area contributed by atoms with E-state index in [1.807, 2.05) is 0 Å². The molecule has 5 rings (SSSR count). The molecule has 238 valence electrons. The number of hydrogen-bond acceptors (Lipinski definition) is 14. The molecule has 4 aromatic carbocycles. The monoisotopic (exact) mass is 707 g/mol. The number of rotatable bonds is 9. The van der Waals surface area contributed by atoms with Crippen LogP contribution in [0.4, 0.5) is 34.6 Å². The molecule has 0 radical (unpaired) electrons. The van der Waals surface area contributed by atoms with Crippen molar-refractivity contribution in [3.63, 3.8) is 0 Å². The second-order valence-electron chi connectivity index (χ2n) is 9.13. The van der Waals surface area contributed by atoms with Crippen LogP contribution in [0.15, 0.2) is 97.7 Å². The van der Waals surface area contributed by atoms with Crippen LogP contribution < -0.4 is 10.6 Å². The number of halogens is 1. The Labute approximate surface area is 264 Å². The van der Waals surface area contributed by atoms with E-state index in [0.29, 0.717) is 11.8 Å². The average molecular weight is 708 g/mol. The largest absolute Gasteiger partial charge is 0.505 e. The van der Waals surface area contributed by atoms with Gasteiger partial charge in [-0.05, 0) is 71.6 Å². The summed E-state index contributed by atoms with van der Waals surface area (Å²) in [5.74, 6) is -1.28. The third kappa shape index (κ3) is 7.34. The van der Waals surface area contributed by atoms with E-state index in [0.717, 1.165) is 18.2 Å². The van der Waals surface area contributed by atoms with Crippen molar-refractivity contribution in [2.75, 3.05) is 10.6 Å². The summed E-state index contributed by atoms with van der Waals surface area (Å²) in [6.45, 7) is 0. The van der Waals surface area contributed by atoms with Crippen molar-refractivity contribution >= 4 is 87.4 Å². The highest BCUT2D eigenvalue weighted by molar-refractivity contribution is 7.86. The summed E-state index contributed by atoms with van der Waals surface area (Å²) in [5, 5.41) is 23.6. The minimum Gasteiger partial charge on any atom is -0.505 e. The number of benzene rings is 4. The van der Waals surface area contributed by atoms with Gasteiger partial charge in [0.05, 0.1) is 16.3 Å². The molecule has 0 aliphatic carbocycles. The fraction of sp³-hybridized carbons (Fsp3) is 0. The van der Waals surface area contributed by atoms with Gasteiger partial charge in [-0.25, -0.2) is 0 Å². The van der Waals surface area contributed by atoms with Gasteiger partial charge in [-0.3, -0.25) is 13.7 Å². The SMILES string of the molecule is O=S(=O)(O)c1ccc(S(=O)(=O)O)c(Nc2nc(Cl)nc(Nc3ccc4c(O)c(N=Nc5ccccc5)c(S(=O)(=O)O)cc4c3)n2)c1. The molecule has 0 aliphatic rings. The van der Waals surface area contributed by atoms with Gasteiger partial charge < -0.3 is 15.7 Å². The number of aromatic nitrogens is 3. The molecule has 1 aromatic heterocycles. The topological polar surface area (TPSA) is 271 Å². The van der Waals surface area contributed by atoms with E-state index >= 15 is 0 Å². The minimum absolute atomic E-state index is 0.118. The van der Waals surface area contributed by atoms with Gasteiger partial charge in [0.15, 0.2) is 5.75 Å². The highest BCUT2D eigenvalue weighted by atomic mass is 35.5. The Hall–Kier alpha value is -4.83. The number of nitrogens with one attached hydrogen (secondary N) is 2. The molecule has 17 nitrogen and oxygen atoms in total. The molecule has 0 fully saturated rings. The first kappa shape index (κ1) is 32.6. The molecular weight excluding hydrogens is 690 g/mol. The van der Waals surface area contributed by atoms with Crippen LogP contribution in [0.1, 0.15) is 0 Å². The van der Waals surface area contributed by atoms with Crippen LogP contribution in [-0.4, -0.2) is 59.0 Å². The zero-order valence-corrected chi connectivity index (χ0v) is 25.7. The van der Waals surface area contributed by atoms with Crippen LogP contribution in [0.2, 0.25) is 5.28 Å². The Morgan fingerprint density at radius 1 is 0.674 bits per heavy atom. The molecule has 5 aromatic rings. The number of fused-ring (bicyclic) bond motifs is 1. The van der Waals surface area contributed by atoms with Crippen molar-refractivity contribution in [1.29, 1.82) is 0 Å². The molecule has 0 aliphatic heterocycles. The molecule has 0 spiro atoms. The van der Waals surface area contributed by atoms with Crippen molar-refractivity contribution in [3.05, 3.63) is 78.1 Å². The standard InChI is InChI=1S/C25H18ClN7O10S3/c26-23-29-24(31-25(30-23)28-18-12-16(44(35,36)37)7-9-19(18)45(38,39)40)27-15-6-8-17-13(10-15)11-20(46(41,42)43)21(22(17)34)33-32-14-4-2-1-3-5-14/h1-12,34H,(H,35,36,37)(H,38,39,40)(H,41,42,43)(H2,27,28,29,30,31). The smallest absolute Gasteiger partial charge is 0.296 e. The first-order valence-electron chi connectivity index (χ1n) is 12.3.